The number of ether oxygens (including phenoxy) is 3. The molecular formula is C21H26O7S. The van der Waals surface area contributed by atoms with E-state index in [1.165, 1.54) is 19.1 Å². The smallest absolute Gasteiger partial charge is 0.303 e. The van der Waals surface area contributed by atoms with Gasteiger partial charge < -0.3 is 14.2 Å². The van der Waals surface area contributed by atoms with E-state index in [1.807, 2.05) is 30.3 Å². The first kappa shape index (κ1) is 22.9. The molecule has 7 nitrogen and oxygen atoms in total. The molecule has 0 saturated carbocycles. The number of esters is 1. The average Bonchev–Trinajstić information content (AvgIpc) is 2.65. The molecule has 2 aromatic carbocycles. The summed E-state index contributed by atoms with van der Waals surface area (Å²) in [5, 5.41) is 0. The Balaban J connectivity index is 1.95. The third kappa shape index (κ3) is 7.49. The van der Waals surface area contributed by atoms with Crippen molar-refractivity contribution in [3.05, 3.63) is 59.2 Å². The fourth-order valence-electron chi connectivity index (χ4n) is 2.69. The quantitative estimate of drug-likeness (QED) is 0.429. The molecule has 8 heteroatoms. The van der Waals surface area contributed by atoms with Crippen LogP contribution in [0.3, 0.4) is 0 Å². The lowest BCUT2D eigenvalue weighted by Gasteiger charge is -2.17. The summed E-state index contributed by atoms with van der Waals surface area (Å²) in [4.78, 5) is 11.4. The summed E-state index contributed by atoms with van der Waals surface area (Å²) in [5.74, 6) is 0.187. The van der Waals surface area contributed by atoms with Crippen LogP contribution in [0.1, 0.15) is 23.6 Å². The van der Waals surface area contributed by atoms with E-state index in [9.17, 15) is 13.2 Å². The van der Waals surface area contributed by atoms with Gasteiger partial charge in [0.1, 0.15) is 18.5 Å². The average molecular weight is 422 g/mol. The standard InChI is InChI=1S/C21H26O7S/c1-15-9-16(2)11-21(10-15)29(23,24)27-14-20(28-17(3)22)13-26-12-18-5-7-19(25-4)8-6-18/h5-11,20H,12-14H2,1-4H3/t20-/m0/s1. The molecule has 2 aromatic rings. The van der Waals surface area contributed by atoms with Crippen LogP contribution in [0.4, 0.5) is 0 Å². The van der Waals surface area contributed by atoms with E-state index in [4.69, 9.17) is 18.4 Å². The summed E-state index contributed by atoms with van der Waals surface area (Å²) < 4.78 is 45.9. The molecule has 0 fully saturated rings. The molecule has 158 valence electrons. The maximum atomic E-state index is 12.5. The van der Waals surface area contributed by atoms with Gasteiger partial charge in [0.25, 0.3) is 10.1 Å². The number of rotatable bonds is 10. The fraction of sp³-hybridized carbons (Fsp3) is 0.381. The van der Waals surface area contributed by atoms with Crippen LogP contribution in [0, 0.1) is 13.8 Å². The number of aryl methyl sites for hydroxylation is 2. The summed E-state index contributed by atoms with van der Waals surface area (Å²) in [6.07, 6.45) is -0.855. The first-order valence-corrected chi connectivity index (χ1v) is 10.5. The first-order chi connectivity index (χ1) is 13.7. The van der Waals surface area contributed by atoms with Gasteiger partial charge in [0.05, 0.1) is 25.2 Å². The Bertz CT molecular complexity index is 900. The van der Waals surface area contributed by atoms with Crippen LogP contribution in [-0.2, 0) is 35.2 Å². The van der Waals surface area contributed by atoms with Crippen molar-refractivity contribution in [2.45, 2.75) is 38.4 Å². The SMILES string of the molecule is COc1ccc(COC[C@@H](COS(=O)(=O)c2cc(C)cc(C)c2)OC(C)=O)cc1. The van der Waals surface area contributed by atoms with Gasteiger partial charge in [-0.1, -0.05) is 18.2 Å². The molecule has 0 aromatic heterocycles. The summed E-state index contributed by atoms with van der Waals surface area (Å²) in [7, 11) is -2.40. The predicted molar refractivity (Wildman–Crippen MR) is 107 cm³/mol. The van der Waals surface area contributed by atoms with Gasteiger partial charge in [-0.25, -0.2) is 0 Å². The van der Waals surface area contributed by atoms with Crippen LogP contribution in [0.2, 0.25) is 0 Å². The summed E-state index contributed by atoms with van der Waals surface area (Å²) in [5.41, 5.74) is 2.52. The number of carbonyl (C=O) groups is 1. The van der Waals surface area contributed by atoms with Crippen molar-refractivity contribution in [1.29, 1.82) is 0 Å². The highest BCUT2D eigenvalue weighted by Gasteiger charge is 2.21. The number of hydrogen-bond acceptors (Lipinski definition) is 7. The lowest BCUT2D eigenvalue weighted by atomic mass is 10.2. The van der Waals surface area contributed by atoms with Crippen LogP contribution in [0.15, 0.2) is 47.4 Å². The van der Waals surface area contributed by atoms with E-state index >= 15 is 0 Å². The van der Waals surface area contributed by atoms with Crippen molar-refractivity contribution in [3.63, 3.8) is 0 Å². The first-order valence-electron chi connectivity index (χ1n) is 9.05. The lowest BCUT2D eigenvalue weighted by Crippen LogP contribution is -2.29. The Morgan fingerprint density at radius 1 is 1.00 bits per heavy atom. The van der Waals surface area contributed by atoms with E-state index in [0.29, 0.717) is 0 Å². The molecule has 0 radical (unpaired) electrons. The maximum Gasteiger partial charge on any atom is 0.303 e. The molecule has 0 amide bonds. The molecular weight excluding hydrogens is 396 g/mol. The van der Waals surface area contributed by atoms with Crippen LogP contribution >= 0.6 is 0 Å². The third-order valence-corrected chi connectivity index (χ3v) is 5.22. The molecule has 0 bridgehead atoms. The van der Waals surface area contributed by atoms with Gasteiger partial charge in [0.15, 0.2) is 0 Å². The van der Waals surface area contributed by atoms with Crippen molar-refractivity contribution in [3.8, 4) is 5.75 Å². The van der Waals surface area contributed by atoms with E-state index in [2.05, 4.69) is 0 Å². The minimum Gasteiger partial charge on any atom is -0.497 e. The minimum atomic E-state index is -3.98. The van der Waals surface area contributed by atoms with Crippen molar-refractivity contribution in [1.82, 2.24) is 0 Å². The Morgan fingerprint density at radius 3 is 2.17 bits per heavy atom. The zero-order chi connectivity index (χ0) is 21.4. The van der Waals surface area contributed by atoms with Crippen molar-refractivity contribution >= 4 is 16.1 Å². The summed E-state index contributed by atoms with van der Waals surface area (Å²) in [6.45, 7) is 4.79. The van der Waals surface area contributed by atoms with E-state index in [0.717, 1.165) is 22.4 Å². The highest BCUT2D eigenvalue weighted by Crippen LogP contribution is 2.18. The monoisotopic (exact) mass is 422 g/mol. The zero-order valence-electron chi connectivity index (χ0n) is 17.0. The molecule has 0 saturated heterocycles. The molecule has 0 aliphatic carbocycles. The normalized spacial score (nSPS) is 12.4. The predicted octanol–water partition coefficient (Wildman–Crippen LogP) is 3.17. The Labute approximate surface area is 171 Å². The molecule has 0 N–H and O–H groups in total. The number of methoxy groups -OCH3 is 1. The number of carbonyl (C=O) groups excluding carboxylic acids is 1. The fourth-order valence-corrected chi connectivity index (χ4v) is 3.82. The van der Waals surface area contributed by atoms with E-state index in [-0.39, 0.29) is 24.7 Å². The lowest BCUT2D eigenvalue weighted by molar-refractivity contribution is -0.151. The summed E-state index contributed by atoms with van der Waals surface area (Å²) in [6, 6.07) is 12.2. The molecule has 0 spiro atoms. The van der Waals surface area contributed by atoms with Gasteiger partial charge in [-0.15, -0.1) is 0 Å². The van der Waals surface area contributed by atoms with Gasteiger partial charge in [0.2, 0.25) is 0 Å². The zero-order valence-corrected chi connectivity index (χ0v) is 17.8. The van der Waals surface area contributed by atoms with Gasteiger partial charge in [-0.3, -0.25) is 8.98 Å². The largest absolute Gasteiger partial charge is 0.497 e. The van der Waals surface area contributed by atoms with Crippen LogP contribution in [0.25, 0.3) is 0 Å². The van der Waals surface area contributed by atoms with Crippen LogP contribution < -0.4 is 4.74 Å². The second-order valence-corrected chi connectivity index (χ2v) is 8.27. The Morgan fingerprint density at radius 2 is 1.62 bits per heavy atom. The van der Waals surface area contributed by atoms with Crippen molar-refractivity contribution in [2.75, 3.05) is 20.3 Å². The van der Waals surface area contributed by atoms with Gasteiger partial charge in [-0.2, -0.15) is 8.42 Å². The topological polar surface area (TPSA) is 88.1 Å². The molecule has 0 unspecified atom stereocenters. The molecule has 0 aliphatic heterocycles. The van der Waals surface area contributed by atoms with Gasteiger partial charge in [0, 0.05) is 6.92 Å². The second kappa shape index (κ2) is 10.4. The highest BCUT2D eigenvalue weighted by atomic mass is 32.2. The second-order valence-electron chi connectivity index (χ2n) is 6.66. The minimum absolute atomic E-state index is 0.00598. The van der Waals surface area contributed by atoms with E-state index < -0.39 is 22.2 Å². The number of benzene rings is 2. The molecule has 0 aliphatic rings. The van der Waals surface area contributed by atoms with Crippen LogP contribution in [0.5, 0.6) is 5.75 Å². The van der Waals surface area contributed by atoms with E-state index in [1.54, 1.807) is 21.0 Å². The molecule has 1 atom stereocenters. The Hall–Kier alpha value is -2.42. The molecule has 2 rings (SSSR count). The van der Waals surface area contributed by atoms with Crippen molar-refractivity contribution < 1.29 is 31.6 Å². The molecule has 0 heterocycles. The van der Waals surface area contributed by atoms with Crippen molar-refractivity contribution in [2.24, 2.45) is 0 Å². The van der Waals surface area contributed by atoms with Gasteiger partial charge >= 0.3 is 5.97 Å². The third-order valence-electron chi connectivity index (χ3n) is 3.96. The van der Waals surface area contributed by atoms with Gasteiger partial charge in [-0.05, 0) is 54.8 Å². The summed E-state index contributed by atoms with van der Waals surface area (Å²) >= 11 is 0. The van der Waals surface area contributed by atoms with Crippen LogP contribution in [-0.4, -0.2) is 40.8 Å². The molecule has 29 heavy (non-hydrogen) atoms. The maximum absolute atomic E-state index is 12.5. The number of hydrogen-bond donors (Lipinski definition) is 0. The Kier molecular flexibility index (Phi) is 8.19. The highest BCUT2D eigenvalue weighted by molar-refractivity contribution is 7.86.